The SMILES string of the molecule is Cc1cc(C)c(B(c2cc(C)c(Br)cc2C)c2c(C)cc(C)cc2C)c(C)c1. The molecule has 0 spiro atoms. The molecule has 28 heavy (non-hydrogen) atoms. The molecule has 0 saturated heterocycles. The van der Waals surface area contributed by atoms with Crippen LogP contribution in [-0.2, 0) is 0 Å². The molecular weight excluding hydrogens is 403 g/mol. The summed E-state index contributed by atoms with van der Waals surface area (Å²) < 4.78 is 1.18. The maximum absolute atomic E-state index is 3.72. The van der Waals surface area contributed by atoms with E-state index in [2.05, 4.69) is 108 Å². The third-order valence-electron chi connectivity index (χ3n) is 5.91. The van der Waals surface area contributed by atoms with Crippen LogP contribution in [0.25, 0.3) is 0 Å². The first-order valence-corrected chi connectivity index (χ1v) is 10.8. The highest BCUT2D eigenvalue weighted by atomic mass is 79.9. The van der Waals surface area contributed by atoms with Gasteiger partial charge in [0.05, 0.1) is 0 Å². The van der Waals surface area contributed by atoms with Gasteiger partial charge in [-0.3, -0.25) is 0 Å². The van der Waals surface area contributed by atoms with Crippen LogP contribution in [0, 0.1) is 55.4 Å². The number of halogens is 1. The molecule has 0 saturated carbocycles. The average Bonchev–Trinajstić information content (AvgIpc) is 2.55. The van der Waals surface area contributed by atoms with E-state index >= 15 is 0 Å². The monoisotopic (exact) mass is 432 g/mol. The molecule has 3 aromatic carbocycles. The molecular formula is C26H30BBr. The van der Waals surface area contributed by atoms with Crippen molar-refractivity contribution < 1.29 is 0 Å². The lowest BCUT2D eigenvalue weighted by molar-refractivity contribution is 1.33. The third-order valence-corrected chi connectivity index (χ3v) is 6.77. The smallest absolute Gasteiger partial charge is 0.0654 e. The molecule has 0 bridgehead atoms. The van der Waals surface area contributed by atoms with Crippen molar-refractivity contribution in [3.05, 3.63) is 85.4 Å². The van der Waals surface area contributed by atoms with Crippen molar-refractivity contribution >= 4 is 39.0 Å². The lowest BCUT2D eigenvalue weighted by atomic mass is 9.33. The summed E-state index contributed by atoms with van der Waals surface area (Å²) in [5, 5.41) is 0. The topological polar surface area (TPSA) is 0 Å². The molecule has 0 radical (unpaired) electrons. The van der Waals surface area contributed by atoms with Crippen LogP contribution in [0.1, 0.15) is 44.5 Å². The van der Waals surface area contributed by atoms with Gasteiger partial charge in [0.1, 0.15) is 0 Å². The second-order valence-corrected chi connectivity index (χ2v) is 9.37. The Morgan fingerprint density at radius 2 is 0.893 bits per heavy atom. The maximum atomic E-state index is 3.72. The van der Waals surface area contributed by atoms with Gasteiger partial charge in [-0.15, -0.1) is 0 Å². The van der Waals surface area contributed by atoms with Crippen molar-refractivity contribution in [1.82, 2.24) is 0 Å². The van der Waals surface area contributed by atoms with Gasteiger partial charge < -0.3 is 0 Å². The van der Waals surface area contributed by atoms with E-state index in [0.29, 0.717) is 0 Å². The quantitative estimate of drug-likeness (QED) is 0.484. The largest absolute Gasteiger partial charge is 0.242 e. The van der Waals surface area contributed by atoms with E-state index in [1.165, 1.54) is 65.4 Å². The van der Waals surface area contributed by atoms with E-state index in [9.17, 15) is 0 Å². The molecule has 0 atom stereocenters. The Labute approximate surface area is 179 Å². The zero-order valence-electron chi connectivity index (χ0n) is 18.4. The molecule has 3 rings (SSSR count). The van der Waals surface area contributed by atoms with Crippen LogP contribution in [-0.4, -0.2) is 6.71 Å². The Hall–Kier alpha value is -1.80. The third kappa shape index (κ3) is 3.85. The molecule has 144 valence electrons. The van der Waals surface area contributed by atoms with Crippen LogP contribution < -0.4 is 16.4 Å². The molecule has 2 heteroatoms. The summed E-state index contributed by atoms with van der Waals surface area (Å²) in [5.74, 6) is 0. The normalized spacial score (nSPS) is 11.0. The van der Waals surface area contributed by atoms with Crippen LogP contribution in [0.2, 0.25) is 0 Å². The lowest BCUT2D eigenvalue weighted by Crippen LogP contribution is -2.56. The fourth-order valence-electron chi connectivity index (χ4n) is 4.86. The summed E-state index contributed by atoms with van der Waals surface area (Å²) in [7, 11) is 0. The van der Waals surface area contributed by atoms with E-state index in [-0.39, 0.29) is 6.71 Å². The highest BCUT2D eigenvalue weighted by molar-refractivity contribution is 9.10. The zero-order valence-corrected chi connectivity index (χ0v) is 20.0. The van der Waals surface area contributed by atoms with E-state index in [1.807, 2.05) is 0 Å². The molecule has 0 aliphatic heterocycles. The summed E-state index contributed by atoms with van der Waals surface area (Å²) in [6, 6.07) is 14.0. The predicted octanol–water partition coefficient (Wildman–Crippen LogP) is 5.43. The summed E-state index contributed by atoms with van der Waals surface area (Å²) in [6.07, 6.45) is 0. The van der Waals surface area contributed by atoms with Crippen LogP contribution in [0.15, 0.2) is 40.9 Å². The Morgan fingerprint density at radius 1 is 0.500 bits per heavy atom. The molecule has 0 aliphatic carbocycles. The average molecular weight is 433 g/mol. The highest BCUT2D eigenvalue weighted by Gasteiger charge is 2.29. The van der Waals surface area contributed by atoms with Gasteiger partial charge in [0.25, 0.3) is 0 Å². The van der Waals surface area contributed by atoms with E-state index in [4.69, 9.17) is 0 Å². The molecule has 0 unspecified atom stereocenters. The van der Waals surface area contributed by atoms with Crippen molar-refractivity contribution in [2.24, 2.45) is 0 Å². The summed E-state index contributed by atoms with van der Waals surface area (Å²) in [4.78, 5) is 0. The standard InChI is InChI=1S/C26H30BBr/c1-15-9-19(5)25(20(6)10-15)27(23-13-18(4)24(28)14-17(23)3)26-21(7)11-16(2)12-22(26)8/h9-14H,1-8H3. The molecule has 3 aromatic rings. The molecule has 0 aliphatic rings. The number of benzene rings is 3. The molecule has 0 heterocycles. The van der Waals surface area contributed by atoms with Crippen LogP contribution in [0.4, 0.5) is 0 Å². The van der Waals surface area contributed by atoms with Crippen molar-refractivity contribution in [2.75, 3.05) is 0 Å². The Morgan fingerprint density at radius 3 is 1.29 bits per heavy atom. The van der Waals surface area contributed by atoms with Gasteiger partial charge in [-0.25, -0.2) is 0 Å². The van der Waals surface area contributed by atoms with Crippen LogP contribution in [0.3, 0.4) is 0 Å². The van der Waals surface area contributed by atoms with Gasteiger partial charge in [-0.1, -0.05) is 102 Å². The van der Waals surface area contributed by atoms with Gasteiger partial charge in [-0.05, 0) is 67.0 Å². The van der Waals surface area contributed by atoms with Crippen LogP contribution >= 0.6 is 15.9 Å². The first-order valence-electron chi connectivity index (χ1n) is 10.0. The van der Waals surface area contributed by atoms with Gasteiger partial charge in [0.15, 0.2) is 0 Å². The lowest BCUT2D eigenvalue weighted by Gasteiger charge is -2.26. The summed E-state index contributed by atoms with van der Waals surface area (Å²) in [6.45, 7) is 18.1. The van der Waals surface area contributed by atoms with Gasteiger partial charge >= 0.3 is 0 Å². The maximum Gasteiger partial charge on any atom is 0.242 e. The number of hydrogen-bond donors (Lipinski definition) is 0. The molecule has 0 N–H and O–H groups in total. The van der Waals surface area contributed by atoms with Crippen LogP contribution in [0.5, 0.6) is 0 Å². The second-order valence-electron chi connectivity index (χ2n) is 8.52. The molecule has 0 fully saturated rings. The fourth-order valence-corrected chi connectivity index (χ4v) is 5.32. The zero-order chi connectivity index (χ0) is 20.7. The van der Waals surface area contributed by atoms with Crippen molar-refractivity contribution in [3.8, 4) is 0 Å². The fraction of sp³-hybridized carbons (Fsp3) is 0.308. The predicted molar refractivity (Wildman–Crippen MR) is 130 cm³/mol. The molecule has 0 nitrogen and oxygen atoms in total. The number of rotatable bonds is 3. The number of aryl methyl sites for hydroxylation is 8. The minimum absolute atomic E-state index is 0.244. The summed E-state index contributed by atoms with van der Waals surface area (Å²) in [5.41, 5.74) is 15.1. The second kappa shape index (κ2) is 7.91. The summed E-state index contributed by atoms with van der Waals surface area (Å²) >= 11 is 3.72. The van der Waals surface area contributed by atoms with E-state index in [1.54, 1.807) is 0 Å². The Bertz CT molecular complexity index is 959. The van der Waals surface area contributed by atoms with Crippen molar-refractivity contribution in [3.63, 3.8) is 0 Å². The van der Waals surface area contributed by atoms with E-state index in [0.717, 1.165) is 0 Å². The minimum Gasteiger partial charge on any atom is -0.0654 e. The van der Waals surface area contributed by atoms with Gasteiger partial charge in [0, 0.05) is 4.47 Å². The van der Waals surface area contributed by atoms with Gasteiger partial charge in [-0.2, -0.15) is 0 Å². The van der Waals surface area contributed by atoms with Crippen molar-refractivity contribution in [2.45, 2.75) is 55.4 Å². The van der Waals surface area contributed by atoms with Gasteiger partial charge in [0.2, 0.25) is 6.71 Å². The van der Waals surface area contributed by atoms with Crippen molar-refractivity contribution in [1.29, 1.82) is 0 Å². The number of hydrogen-bond acceptors (Lipinski definition) is 0. The molecule has 0 amide bonds. The highest BCUT2D eigenvalue weighted by Crippen LogP contribution is 2.19. The Balaban J connectivity index is 2.42. The first kappa shape index (κ1) is 20.9. The van der Waals surface area contributed by atoms with E-state index < -0.39 is 0 Å². The molecule has 0 aromatic heterocycles. The minimum atomic E-state index is 0.244. The first-order chi connectivity index (χ1) is 13.1. The Kier molecular flexibility index (Phi) is 5.91.